The number of carbonyl (C=O) groups excluding carboxylic acids is 1. The third-order valence-electron chi connectivity index (χ3n) is 3.01. The smallest absolute Gasteiger partial charge is 0.262 e. The second-order valence-electron chi connectivity index (χ2n) is 4.70. The average molecular weight is 301 g/mol. The van der Waals surface area contributed by atoms with Crippen LogP contribution in [0.5, 0.6) is 17.2 Å². The summed E-state index contributed by atoms with van der Waals surface area (Å²) < 4.78 is 16.1. The van der Waals surface area contributed by atoms with E-state index in [0.717, 1.165) is 11.3 Å². The van der Waals surface area contributed by atoms with Gasteiger partial charge in [0.25, 0.3) is 5.91 Å². The molecule has 1 N–H and O–H groups in total. The highest BCUT2D eigenvalue weighted by Crippen LogP contribution is 2.38. The Morgan fingerprint density at radius 2 is 1.64 bits per heavy atom. The van der Waals surface area contributed by atoms with Gasteiger partial charge in [-0.1, -0.05) is 18.2 Å². The van der Waals surface area contributed by atoms with Gasteiger partial charge >= 0.3 is 0 Å². The van der Waals surface area contributed by atoms with Gasteiger partial charge in [-0.15, -0.1) is 0 Å². The lowest BCUT2D eigenvalue weighted by Crippen LogP contribution is -2.20. The SMILES string of the molecule is COc1cc(C)cc(OC)c1OCC(=O)Nc1ccccc1. The lowest BCUT2D eigenvalue weighted by molar-refractivity contribution is -0.118. The number of aryl methyl sites for hydroxylation is 1. The Kier molecular flexibility index (Phi) is 5.25. The molecule has 0 unspecified atom stereocenters. The molecule has 0 radical (unpaired) electrons. The number of nitrogens with one attached hydrogen (secondary N) is 1. The molecule has 0 heterocycles. The third-order valence-corrected chi connectivity index (χ3v) is 3.01. The molecule has 0 atom stereocenters. The van der Waals surface area contributed by atoms with Gasteiger partial charge in [-0.05, 0) is 36.8 Å². The van der Waals surface area contributed by atoms with Crippen LogP contribution >= 0.6 is 0 Å². The van der Waals surface area contributed by atoms with Crippen LogP contribution in [0.4, 0.5) is 5.69 Å². The summed E-state index contributed by atoms with van der Waals surface area (Å²) in [4.78, 5) is 11.9. The van der Waals surface area contributed by atoms with Crippen LogP contribution < -0.4 is 19.5 Å². The van der Waals surface area contributed by atoms with Crippen molar-refractivity contribution in [3.8, 4) is 17.2 Å². The van der Waals surface area contributed by atoms with E-state index < -0.39 is 0 Å². The van der Waals surface area contributed by atoms with E-state index >= 15 is 0 Å². The van der Waals surface area contributed by atoms with Gasteiger partial charge in [0.1, 0.15) is 0 Å². The lowest BCUT2D eigenvalue weighted by Gasteiger charge is -2.15. The van der Waals surface area contributed by atoms with Crippen molar-refractivity contribution in [1.29, 1.82) is 0 Å². The molecule has 0 aromatic heterocycles. The van der Waals surface area contributed by atoms with Crippen molar-refractivity contribution in [1.82, 2.24) is 0 Å². The zero-order valence-electron chi connectivity index (χ0n) is 12.9. The highest BCUT2D eigenvalue weighted by atomic mass is 16.5. The third kappa shape index (κ3) is 3.91. The molecule has 0 aliphatic rings. The number of hydrogen-bond donors (Lipinski definition) is 1. The first-order valence-corrected chi connectivity index (χ1v) is 6.84. The van der Waals surface area contributed by atoms with Crippen LogP contribution in [0.3, 0.4) is 0 Å². The van der Waals surface area contributed by atoms with Crippen LogP contribution in [0.25, 0.3) is 0 Å². The molecule has 0 saturated heterocycles. The summed E-state index contributed by atoms with van der Waals surface area (Å²) in [7, 11) is 3.09. The second-order valence-corrected chi connectivity index (χ2v) is 4.70. The number of benzene rings is 2. The van der Waals surface area contributed by atoms with Gasteiger partial charge in [0.2, 0.25) is 5.75 Å². The maximum absolute atomic E-state index is 11.9. The molecule has 22 heavy (non-hydrogen) atoms. The minimum atomic E-state index is -0.254. The largest absolute Gasteiger partial charge is 0.493 e. The number of methoxy groups -OCH3 is 2. The van der Waals surface area contributed by atoms with Gasteiger partial charge in [-0.2, -0.15) is 0 Å². The number of ether oxygens (including phenoxy) is 3. The fourth-order valence-corrected chi connectivity index (χ4v) is 2.01. The summed E-state index contributed by atoms with van der Waals surface area (Å²) in [5.74, 6) is 1.23. The van der Waals surface area contributed by atoms with Gasteiger partial charge in [0, 0.05) is 5.69 Å². The molecule has 2 rings (SSSR count). The number of hydrogen-bond acceptors (Lipinski definition) is 4. The molecule has 0 spiro atoms. The van der Waals surface area contributed by atoms with Gasteiger partial charge in [0.15, 0.2) is 18.1 Å². The minimum Gasteiger partial charge on any atom is -0.493 e. The first-order valence-electron chi connectivity index (χ1n) is 6.84. The van der Waals surface area contributed by atoms with Crippen LogP contribution in [0.1, 0.15) is 5.56 Å². The highest BCUT2D eigenvalue weighted by Gasteiger charge is 2.14. The Labute approximate surface area is 129 Å². The molecule has 0 fully saturated rings. The zero-order chi connectivity index (χ0) is 15.9. The minimum absolute atomic E-state index is 0.134. The van der Waals surface area contributed by atoms with Gasteiger partial charge in [-0.25, -0.2) is 0 Å². The Morgan fingerprint density at radius 3 is 2.18 bits per heavy atom. The molecule has 0 bridgehead atoms. The fourth-order valence-electron chi connectivity index (χ4n) is 2.01. The first-order chi connectivity index (χ1) is 10.6. The standard InChI is InChI=1S/C17H19NO4/c1-12-9-14(20-2)17(15(10-12)21-3)22-11-16(19)18-13-7-5-4-6-8-13/h4-10H,11H2,1-3H3,(H,18,19). The molecule has 0 aliphatic carbocycles. The molecule has 2 aromatic rings. The molecule has 0 aliphatic heterocycles. The summed E-state index contributed by atoms with van der Waals surface area (Å²) in [5.41, 5.74) is 1.70. The number of rotatable bonds is 6. The first kappa shape index (κ1) is 15.7. The van der Waals surface area contributed by atoms with Crippen molar-refractivity contribution in [3.63, 3.8) is 0 Å². The maximum Gasteiger partial charge on any atom is 0.262 e. The van der Waals surface area contributed by atoms with Crippen molar-refractivity contribution in [3.05, 3.63) is 48.0 Å². The monoisotopic (exact) mass is 301 g/mol. The van der Waals surface area contributed by atoms with Crippen molar-refractivity contribution in [2.24, 2.45) is 0 Å². The highest BCUT2D eigenvalue weighted by molar-refractivity contribution is 5.91. The fraction of sp³-hybridized carbons (Fsp3) is 0.235. The normalized spacial score (nSPS) is 9.95. The van der Waals surface area contributed by atoms with E-state index in [1.54, 1.807) is 14.2 Å². The molecule has 1 amide bonds. The van der Waals surface area contributed by atoms with Crippen molar-refractivity contribution in [2.75, 3.05) is 26.1 Å². The van der Waals surface area contributed by atoms with Gasteiger partial charge < -0.3 is 19.5 Å². The van der Waals surface area contributed by atoms with E-state index in [2.05, 4.69) is 5.32 Å². The molecule has 5 heteroatoms. The molecular weight excluding hydrogens is 282 g/mol. The second kappa shape index (κ2) is 7.36. The predicted octanol–water partition coefficient (Wildman–Crippen LogP) is 3.03. The molecule has 116 valence electrons. The summed E-state index contributed by atoms with van der Waals surface area (Å²) >= 11 is 0. The van der Waals surface area contributed by atoms with Crippen LogP contribution in [-0.4, -0.2) is 26.7 Å². The maximum atomic E-state index is 11.9. The number of carbonyl (C=O) groups is 1. The Hall–Kier alpha value is -2.69. The van der Waals surface area contributed by atoms with E-state index in [9.17, 15) is 4.79 Å². The summed E-state index contributed by atoms with van der Waals surface area (Å²) in [5, 5.41) is 2.75. The summed E-state index contributed by atoms with van der Waals surface area (Å²) in [6.07, 6.45) is 0. The molecule has 5 nitrogen and oxygen atoms in total. The topological polar surface area (TPSA) is 56.8 Å². The quantitative estimate of drug-likeness (QED) is 0.891. The number of amides is 1. The van der Waals surface area contributed by atoms with Crippen LogP contribution in [0, 0.1) is 6.92 Å². The van der Waals surface area contributed by atoms with Crippen molar-refractivity contribution in [2.45, 2.75) is 6.92 Å². The van der Waals surface area contributed by atoms with E-state index in [0.29, 0.717) is 17.2 Å². The summed E-state index contributed by atoms with van der Waals surface area (Å²) in [6.45, 7) is 1.79. The van der Waals surface area contributed by atoms with Gasteiger partial charge in [0.05, 0.1) is 14.2 Å². The Balaban J connectivity index is 2.06. The van der Waals surface area contributed by atoms with Crippen LogP contribution in [0.2, 0.25) is 0 Å². The van der Waals surface area contributed by atoms with E-state index in [1.807, 2.05) is 49.4 Å². The average Bonchev–Trinajstić information content (AvgIpc) is 2.53. The van der Waals surface area contributed by atoms with Crippen molar-refractivity contribution >= 4 is 11.6 Å². The van der Waals surface area contributed by atoms with E-state index in [-0.39, 0.29) is 12.5 Å². The van der Waals surface area contributed by atoms with Crippen LogP contribution in [0.15, 0.2) is 42.5 Å². The zero-order valence-corrected chi connectivity index (χ0v) is 12.9. The lowest BCUT2D eigenvalue weighted by atomic mass is 10.2. The van der Waals surface area contributed by atoms with Crippen LogP contribution in [-0.2, 0) is 4.79 Å². The predicted molar refractivity (Wildman–Crippen MR) is 84.8 cm³/mol. The Bertz CT molecular complexity index is 615. The van der Waals surface area contributed by atoms with Crippen molar-refractivity contribution < 1.29 is 19.0 Å². The molecular formula is C17H19NO4. The van der Waals surface area contributed by atoms with E-state index in [4.69, 9.17) is 14.2 Å². The summed E-state index contributed by atoms with van der Waals surface area (Å²) in [6, 6.07) is 12.9. The molecule has 0 saturated carbocycles. The molecule has 2 aromatic carbocycles. The number of para-hydroxylation sites is 1. The number of anilines is 1. The van der Waals surface area contributed by atoms with Gasteiger partial charge in [-0.3, -0.25) is 4.79 Å². The Morgan fingerprint density at radius 1 is 1.05 bits per heavy atom. The van der Waals surface area contributed by atoms with E-state index in [1.165, 1.54) is 0 Å².